The van der Waals surface area contributed by atoms with Crippen LogP contribution in [0.5, 0.6) is 0 Å². The average molecular weight is 431 g/mol. The van der Waals surface area contributed by atoms with Crippen LogP contribution in [0.25, 0.3) is 0 Å². The Morgan fingerprint density at radius 1 is 1.33 bits per heavy atom. The smallest absolute Gasteiger partial charge is 0.242 e. The van der Waals surface area contributed by atoms with Gasteiger partial charge in [0.15, 0.2) is 0 Å². The highest BCUT2D eigenvalue weighted by Crippen LogP contribution is 2.26. The summed E-state index contributed by atoms with van der Waals surface area (Å²) in [6.07, 6.45) is 2.22. The normalized spacial score (nSPS) is 18.1. The lowest BCUT2D eigenvalue weighted by molar-refractivity contribution is 0.541. The van der Waals surface area contributed by atoms with Crippen molar-refractivity contribution >= 4 is 43.2 Å². The van der Waals surface area contributed by atoms with E-state index >= 15 is 0 Å². The van der Waals surface area contributed by atoms with Crippen molar-refractivity contribution < 1.29 is 8.42 Å². The maximum atomic E-state index is 12.3. The van der Waals surface area contributed by atoms with Crippen LogP contribution < -0.4 is 9.62 Å². The van der Waals surface area contributed by atoms with E-state index in [0.29, 0.717) is 6.54 Å². The van der Waals surface area contributed by atoms with Crippen LogP contribution in [0.15, 0.2) is 52.0 Å². The minimum absolute atomic E-state index is 0.133. The Hall–Kier alpha value is -1.15. The Morgan fingerprint density at radius 2 is 2.17 bits per heavy atom. The van der Waals surface area contributed by atoms with Crippen molar-refractivity contribution in [1.82, 2.24) is 9.71 Å². The van der Waals surface area contributed by atoms with Crippen LogP contribution in [0.2, 0.25) is 5.15 Å². The quantitative estimate of drug-likeness (QED) is 0.739. The zero-order chi connectivity index (χ0) is 17.2. The number of halogens is 2. The summed E-state index contributed by atoms with van der Waals surface area (Å²) in [7, 11) is -3.55. The Bertz CT molecular complexity index is 814. The first-order chi connectivity index (χ1) is 11.4. The molecule has 0 radical (unpaired) electrons. The zero-order valence-electron chi connectivity index (χ0n) is 12.8. The summed E-state index contributed by atoms with van der Waals surface area (Å²) in [6, 6.07) is 11.1. The van der Waals surface area contributed by atoms with Crippen LogP contribution in [-0.4, -0.2) is 33.0 Å². The summed E-state index contributed by atoms with van der Waals surface area (Å²) in [4.78, 5) is 6.22. The van der Waals surface area contributed by atoms with Gasteiger partial charge in [0.25, 0.3) is 0 Å². The Balaban J connectivity index is 1.59. The van der Waals surface area contributed by atoms with E-state index in [9.17, 15) is 8.42 Å². The van der Waals surface area contributed by atoms with Crippen LogP contribution in [0, 0.1) is 5.92 Å². The summed E-state index contributed by atoms with van der Waals surface area (Å²) >= 11 is 9.17. The Labute approximate surface area is 155 Å². The van der Waals surface area contributed by atoms with Gasteiger partial charge in [0.1, 0.15) is 10.0 Å². The highest BCUT2D eigenvalue weighted by Gasteiger charge is 2.25. The third-order valence-corrected chi connectivity index (χ3v) is 6.16. The molecule has 0 bridgehead atoms. The van der Waals surface area contributed by atoms with Gasteiger partial charge >= 0.3 is 0 Å². The fourth-order valence-electron chi connectivity index (χ4n) is 2.74. The number of aromatic nitrogens is 1. The SMILES string of the molecule is O=S(=O)(NCC1CCN(c2cccc(Br)c2)C1)c1ccc(Cl)nc1. The molecule has 1 aromatic carbocycles. The number of sulfonamides is 1. The van der Waals surface area contributed by atoms with E-state index in [0.717, 1.165) is 29.7 Å². The first-order valence-corrected chi connectivity index (χ1v) is 10.2. The predicted molar refractivity (Wildman–Crippen MR) is 98.9 cm³/mol. The number of hydrogen-bond acceptors (Lipinski definition) is 4. The Kier molecular flexibility index (Phi) is 5.44. The van der Waals surface area contributed by atoms with Gasteiger partial charge in [0.2, 0.25) is 10.0 Å². The van der Waals surface area contributed by atoms with E-state index in [-0.39, 0.29) is 16.0 Å². The largest absolute Gasteiger partial charge is 0.371 e. The number of nitrogens with one attached hydrogen (secondary N) is 1. The van der Waals surface area contributed by atoms with Crippen molar-refractivity contribution in [2.75, 3.05) is 24.5 Å². The maximum absolute atomic E-state index is 12.3. The van der Waals surface area contributed by atoms with Crippen LogP contribution in [0.3, 0.4) is 0 Å². The first-order valence-electron chi connectivity index (χ1n) is 7.56. The molecular weight excluding hydrogens is 414 g/mol. The topological polar surface area (TPSA) is 62.3 Å². The van der Waals surface area contributed by atoms with Crippen molar-refractivity contribution in [2.45, 2.75) is 11.3 Å². The third-order valence-electron chi connectivity index (χ3n) is 4.03. The molecule has 0 spiro atoms. The number of pyridine rings is 1. The molecule has 1 N–H and O–H groups in total. The molecule has 5 nitrogen and oxygen atoms in total. The first kappa shape index (κ1) is 17.7. The van der Waals surface area contributed by atoms with E-state index in [1.54, 1.807) is 0 Å². The molecule has 1 unspecified atom stereocenters. The molecule has 2 aromatic rings. The summed E-state index contributed by atoms with van der Waals surface area (Å²) in [5, 5.41) is 0.273. The molecule has 2 heterocycles. The highest BCUT2D eigenvalue weighted by atomic mass is 79.9. The molecule has 3 rings (SSSR count). The second-order valence-corrected chi connectivity index (χ2v) is 8.82. The van der Waals surface area contributed by atoms with Crippen molar-refractivity contribution in [3.8, 4) is 0 Å². The molecule has 0 amide bonds. The lowest BCUT2D eigenvalue weighted by atomic mass is 10.1. The highest BCUT2D eigenvalue weighted by molar-refractivity contribution is 9.10. The summed E-state index contributed by atoms with van der Waals surface area (Å²) in [5.74, 6) is 0.277. The van der Waals surface area contributed by atoms with E-state index in [4.69, 9.17) is 11.6 Å². The molecule has 0 aliphatic carbocycles. The summed E-state index contributed by atoms with van der Waals surface area (Å²) < 4.78 is 28.3. The minimum Gasteiger partial charge on any atom is -0.371 e. The molecule has 1 saturated heterocycles. The van der Waals surface area contributed by atoms with Crippen molar-refractivity contribution in [2.24, 2.45) is 5.92 Å². The predicted octanol–water partition coefficient (Wildman–Crippen LogP) is 3.30. The molecule has 8 heteroatoms. The van der Waals surface area contributed by atoms with Crippen LogP contribution in [0.4, 0.5) is 5.69 Å². The summed E-state index contributed by atoms with van der Waals surface area (Å²) in [5.41, 5.74) is 1.15. The van der Waals surface area contributed by atoms with E-state index in [2.05, 4.69) is 42.7 Å². The van der Waals surface area contributed by atoms with Crippen LogP contribution in [0.1, 0.15) is 6.42 Å². The van der Waals surface area contributed by atoms with Gasteiger partial charge in [-0.2, -0.15) is 0 Å². The minimum atomic E-state index is -3.55. The lowest BCUT2D eigenvalue weighted by Crippen LogP contribution is -2.31. The van der Waals surface area contributed by atoms with Crippen LogP contribution >= 0.6 is 27.5 Å². The van der Waals surface area contributed by atoms with Crippen molar-refractivity contribution in [1.29, 1.82) is 0 Å². The second-order valence-electron chi connectivity index (χ2n) is 5.75. The molecule has 1 fully saturated rings. The molecular formula is C16H17BrClN3O2S. The zero-order valence-corrected chi connectivity index (χ0v) is 16.0. The van der Waals surface area contributed by atoms with Gasteiger partial charge in [-0.1, -0.05) is 33.6 Å². The van der Waals surface area contributed by atoms with Gasteiger partial charge in [-0.15, -0.1) is 0 Å². The number of nitrogens with zero attached hydrogens (tertiary/aromatic N) is 2. The molecule has 128 valence electrons. The van der Waals surface area contributed by atoms with Crippen LogP contribution in [-0.2, 0) is 10.0 Å². The number of benzene rings is 1. The lowest BCUT2D eigenvalue weighted by Gasteiger charge is -2.19. The molecule has 1 aliphatic rings. The number of hydrogen-bond donors (Lipinski definition) is 1. The van der Waals surface area contributed by atoms with Crippen molar-refractivity contribution in [3.63, 3.8) is 0 Å². The van der Waals surface area contributed by atoms with Gasteiger partial charge in [0, 0.05) is 36.0 Å². The van der Waals surface area contributed by atoms with Gasteiger partial charge < -0.3 is 4.90 Å². The Morgan fingerprint density at radius 3 is 2.88 bits per heavy atom. The molecule has 1 atom stereocenters. The van der Waals surface area contributed by atoms with Gasteiger partial charge in [-0.3, -0.25) is 0 Å². The number of anilines is 1. The van der Waals surface area contributed by atoms with Gasteiger partial charge in [-0.05, 0) is 42.7 Å². The third kappa shape index (κ3) is 4.27. The van der Waals surface area contributed by atoms with E-state index in [1.807, 2.05) is 12.1 Å². The van der Waals surface area contributed by atoms with Gasteiger partial charge in [0.05, 0.1) is 0 Å². The summed E-state index contributed by atoms with van der Waals surface area (Å²) in [6.45, 7) is 2.17. The molecule has 1 aliphatic heterocycles. The van der Waals surface area contributed by atoms with Gasteiger partial charge in [-0.25, -0.2) is 18.1 Å². The fourth-order valence-corrected chi connectivity index (χ4v) is 4.30. The standard InChI is InChI=1S/C16H17BrClN3O2S/c17-13-2-1-3-14(8-13)21-7-6-12(11-21)9-20-24(22,23)15-4-5-16(18)19-10-15/h1-5,8,10,12,20H,6-7,9,11H2. The fraction of sp³-hybridized carbons (Fsp3) is 0.312. The monoisotopic (exact) mass is 429 g/mol. The molecule has 24 heavy (non-hydrogen) atoms. The second kappa shape index (κ2) is 7.39. The molecule has 0 saturated carbocycles. The van der Waals surface area contributed by atoms with Crippen molar-refractivity contribution in [3.05, 3.63) is 52.2 Å². The number of rotatable bonds is 5. The average Bonchev–Trinajstić information content (AvgIpc) is 3.03. The molecule has 1 aromatic heterocycles. The van der Waals surface area contributed by atoms with E-state index in [1.165, 1.54) is 18.3 Å². The van der Waals surface area contributed by atoms with E-state index < -0.39 is 10.0 Å². The maximum Gasteiger partial charge on any atom is 0.242 e.